The SMILES string of the molecule is CCNC(=NCc1ccccc1OCCN(C)C)N1CCOC(c2cnn(C)c2)C1.I. The van der Waals surface area contributed by atoms with Crippen LogP contribution < -0.4 is 10.1 Å². The summed E-state index contributed by atoms with van der Waals surface area (Å²) in [4.78, 5) is 9.29. The minimum atomic E-state index is -0.00189. The van der Waals surface area contributed by atoms with Gasteiger partial charge < -0.3 is 24.6 Å². The largest absolute Gasteiger partial charge is 0.492 e. The second-order valence-electron chi connectivity index (χ2n) is 7.68. The molecule has 0 aliphatic carbocycles. The first-order valence-corrected chi connectivity index (χ1v) is 10.6. The van der Waals surface area contributed by atoms with Crippen LogP contribution in [0.1, 0.15) is 24.2 Å². The van der Waals surface area contributed by atoms with Gasteiger partial charge in [-0.25, -0.2) is 4.99 Å². The first kappa shape index (κ1) is 25.4. The van der Waals surface area contributed by atoms with Crippen molar-refractivity contribution in [3.63, 3.8) is 0 Å². The number of nitrogens with one attached hydrogen (secondary N) is 1. The highest BCUT2D eigenvalue weighted by Gasteiger charge is 2.25. The van der Waals surface area contributed by atoms with Crippen LogP contribution in [0, 0.1) is 0 Å². The van der Waals surface area contributed by atoms with Gasteiger partial charge in [-0.1, -0.05) is 18.2 Å². The number of morpholine rings is 1. The Labute approximate surface area is 202 Å². The Hall–Kier alpha value is -1.85. The molecule has 0 radical (unpaired) electrons. The summed E-state index contributed by atoms with van der Waals surface area (Å²) in [5.74, 6) is 1.80. The molecule has 3 rings (SSSR count). The van der Waals surface area contributed by atoms with Gasteiger partial charge in [0.2, 0.25) is 0 Å². The van der Waals surface area contributed by atoms with Crippen LogP contribution in [0.5, 0.6) is 5.75 Å². The van der Waals surface area contributed by atoms with E-state index < -0.39 is 0 Å². The van der Waals surface area contributed by atoms with Crippen molar-refractivity contribution >= 4 is 29.9 Å². The molecule has 1 saturated heterocycles. The van der Waals surface area contributed by atoms with Gasteiger partial charge in [-0.15, -0.1) is 24.0 Å². The molecule has 1 aliphatic heterocycles. The summed E-state index contributed by atoms with van der Waals surface area (Å²) < 4.78 is 13.8. The maximum absolute atomic E-state index is 5.99. The number of halogens is 1. The Bertz CT molecular complexity index is 826. The monoisotopic (exact) mass is 542 g/mol. The van der Waals surface area contributed by atoms with Gasteiger partial charge in [-0.3, -0.25) is 4.68 Å². The zero-order valence-electron chi connectivity index (χ0n) is 19.0. The molecule has 0 saturated carbocycles. The fraction of sp³-hybridized carbons (Fsp3) is 0.545. The molecule has 0 spiro atoms. The van der Waals surface area contributed by atoms with Crippen LogP contribution in [0.25, 0.3) is 0 Å². The molecule has 9 heteroatoms. The topological polar surface area (TPSA) is 67.2 Å². The lowest BCUT2D eigenvalue weighted by Gasteiger charge is -2.34. The zero-order chi connectivity index (χ0) is 21.3. The van der Waals surface area contributed by atoms with Crippen LogP contribution >= 0.6 is 24.0 Å². The molecule has 2 heterocycles. The Morgan fingerprint density at radius 3 is 2.87 bits per heavy atom. The maximum Gasteiger partial charge on any atom is 0.194 e. The Balaban J connectivity index is 0.00000341. The lowest BCUT2D eigenvalue weighted by atomic mass is 10.1. The van der Waals surface area contributed by atoms with Crippen LogP contribution in [-0.2, 0) is 18.3 Å². The molecule has 2 aromatic rings. The van der Waals surface area contributed by atoms with Gasteiger partial charge in [-0.2, -0.15) is 5.10 Å². The number of para-hydroxylation sites is 1. The summed E-state index contributed by atoms with van der Waals surface area (Å²) in [5.41, 5.74) is 2.18. The van der Waals surface area contributed by atoms with E-state index >= 15 is 0 Å². The molecule has 0 bridgehead atoms. The quantitative estimate of drug-likeness (QED) is 0.314. The van der Waals surface area contributed by atoms with E-state index in [4.69, 9.17) is 14.5 Å². The van der Waals surface area contributed by atoms with Crippen LogP contribution in [0.2, 0.25) is 0 Å². The summed E-state index contributed by atoms with van der Waals surface area (Å²) in [6.07, 6.45) is 3.89. The minimum Gasteiger partial charge on any atom is -0.492 e. The third-order valence-corrected chi connectivity index (χ3v) is 4.97. The van der Waals surface area contributed by atoms with Crippen molar-refractivity contribution in [3.8, 4) is 5.75 Å². The normalized spacial score (nSPS) is 16.9. The van der Waals surface area contributed by atoms with E-state index in [0.29, 0.717) is 19.8 Å². The van der Waals surface area contributed by atoms with Gasteiger partial charge in [0, 0.05) is 44.0 Å². The van der Waals surface area contributed by atoms with Gasteiger partial charge in [0.05, 0.1) is 25.9 Å². The Kier molecular flexibility index (Phi) is 10.6. The van der Waals surface area contributed by atoms with E-state index in [1.165, 1.54) is 0 Å². The van der Waals surface area contributed by atoms with Crippen molar-refractivity contribution < 1.29 is 9.47 Å². The van der Waals surface area contributed by atoms with E-state index in [0.717, 1.165) is 49.0 Å². The highest BCUT2D eigenvalue weighted by atomic mass is 127. The molecular formula is C22H35IN6O2. The van der Waals surface area contributed by atoms with Crippen molar-refractivity contribution in [2.75, 3.05) is 53.5 Å². The molecule has 172 valence electrons. The molecule has 8 nitrogen and oxygen atoms in total. The summed E-state index contributed by atoms with van der Waals surface area (Å²) >= 11 is 0. The van der Waals surface area contributed by atoms with Crippen molar-refractivity contribution in [1.29, 1.82) is 0 Å². The number of rotatable bonds is 8. The van der Waals surface area contributed by atoms with E-state index in [9.17, 15) is 0 Å². The average Bonchev–Trinajstić information content (AvgIpc) is 3.18. The van der Waals surface area contributed by atoms with E-state index in [1.54, 1.807) is 0 Å². The number of nitrogens with zero attached hydrogens (tertiary/aromatic N) is 5. The van der Waals surface area contributed by atoms with Crippen LogP contribution in [-0.4, -0.2) is 79.0 Å². The summed E-state index contributed by atoms with van der Waals surface area (Å²) in [7, 11) is 6.01. The molecule has 1 N–H and O–H groups in total. The number of hydrogen-bond donors (Lipinski definition) is 1. The fourth-order valence-corrected chi connectivity index (χ4v) is 3.35. The van der Waals surface area contributed by atoms with E-state index in [-0.39, 0.29) is 30.1 Å². The van der Waals surface area contributed by atoms with Crippen LogP contribution in [0.3, 0.4) is 0 Å². The number of ether oxygens (including phenoxy) is 2. The van der Waals surface area contributed by atoms with Crippen LogP contribution in [0.4, 0.5) is 0 Å². The third-order valence-electron chi connectivity index (χ3n) is 4.97. The average molecular weight is 542 g/mol. The Morgan fingerprint density at radius 2 is 2.16 bits per heavy atom. The molecule has 1 unspecified atom stereocenters. The van der Waals surface area contributed by atoms with Crippen molar-refractivity contribution in [1.82, 2.24) is 24.9 Å². The van der Waals surface area contributed by atoms with Crippen molar-refractivity contribution in [3.05, 3.63) is 47.8 Å². The van der Waals surface area contributed by atoms with Crippen molar-refractivity contribution in [2.45, 2.75) is 19.6 Å². The zero-order valence-corrected chi connectivity index (χ0v) is 21.3. The van der Waals surface area contributed by atoms with Crippen LogP contribution in [0.15, 0.2) is 41.7 Å². The molecular weight excluding hydrogens is 507 g/mol. The minimum absolute atomic E-state index is 0. The van der Waals surface area contributed by atoms with Gasteiger partial charge in [-0.05, 0) is 27.1 Å². The molecule has 1 aliphatic rings. The van der Waals surface area contributed by atoms with Gasteiger partial charge in [0.1, 0.15) is 18.5 Å². The van der Waals surface area contributed by atoms with Crippen molar-refractivity contribution in [2.24, 2.45) is 12.0 Å². The second kappa shape index (κ2) is 12.9. The number of aromatic nitrogens is 2. The van der Waals surface area contributed by atoms with Gasteiger partial charge >= 0.3 is 0 Å². The summed E-state index contributed by atoms with van der Waals surface area (Å²) in [6, 6.07) is 8.13. The number of aliphatic imine (C=N–C) groups is 1. The number of benzene rings is 1. The molecule has 1 fully saturated rings. The van der Waals surface area contributed by atoms with Gasteiger partial charge in [0.15, 0.2) is 5.96 Å². The lowest BCUT2D eigenvalue weighted by molar-refractivity contribution is -0.00805. The summed E-state index contributed by atoms with van der Waals surface area (Å²) in [5, 5.41) is 7.70. The Morgan fingerprint density at radius 1 is 1.35 bits per heavy atom. The first-order chi connectivity index (χ1) is 14.6. The fourth-order valence-electron chi connectivity index (χ4n) is 3.35. The highest BCUT2D eigenvalue weighted by Crippen LogP contribution is 2.22. The predicted molar refractivity (Wildman–Crippen MR) is 134 cm³/mol. The number of guanidine groups is 1. The standard InChI is InChI=1S/C22H34N6O2.HI/c1-5-23-22(28-11-13-30-21(17-28)19-15-25-27(4)16-19)24-14-18-8-6-7-9-20(18)29-12-10-26(2)3;/h6-9,15-16,21H,5,10-14,17H2,1-4H3,(H,23,24);1H. The molecule has 1 aromatic carbocycles. The maximum atomic E-state index is 5.99. The predicted octanol–water partition coefficient (Wildman–Crippen LogP) is 2.52. The lowest BCUT2D eigenvalue weighted by Crippen LogP contribution is -2.48. The number of likely N-dealkylation sites (N-methyl/N-ethyl adjacent to an activating group) is 1. The molecule has 1 aromatic heterocycles. The smallest absolute Gasteiger partial charge is 0.194 e. The number of aryl methyl sites for hydroxylation is 1. The summed E-state index contributed by atoms with van der Waals surface area (Å²) in [6.45, 7) is 7.22. The van der Waals surface area contributed by atoms with E-state index in [1.807, 2.05) is 56.4 Å². The number of hydrogen-bond acceptors (Lipinski definition) is 5. The van der Waals surface area contributed by atoms with Gasteiger partial charge in [0.25, 0.3) is 0 Å². The first-order valence-electron chi connectivity index (χ1n) is 10.6. The third kappa shape index (κ3) is 7.65. The second-order valence-corrected chi connectivity index (χ2v) is 7.68. The van der Waals surface area contributed by atoms with E-state index in [2.05, 4.69) is 33.2 Å². The highest BCUT2D eigenvalue weighted by molar-refractivity contribution is 14.0. The molecule has 0 amide bonds. The molecule has 31 heavy (non-hydrogen) atoms. The molecule has 1 atom stereocenters.